The molecule has 0 aromatic rings. The van der Waals surface area contributed by atoms with Crippen molar-refractivity contribution < 1.29 is 4.39 Å². The fraction of sp³-hybridized carbons (Fsp3) is 0.600. The molecule has 48 valence electrons. The van der Waals surface area contributed by atoms with Gasteiger partial charge in [0.15, 0.2) is 4.18 Å². The Kier molecular flexibility index (Phi) is 4.22. The Balaban J connectivity index is 3.05. The van der Waals surface area contributed by atoms with Crippen molar-refractivity contribution in [2.24, 2.45) is 0 Å². The van der Waals surface area contributed by atoms with Crippen molar-refractivity contribution in [3.05, 3.63) is 12.3 Å². The summed E-state index contributed by atoms with van der Waals surface area (Å²) in [4.78, 5) is 0. The standard InChI is InChI=1S/C5H9FIN/c1-4(2)8-3-5(6)7/h5,8H,1,3H2,2H3. The highest BCUT2D eigenvalue weighted by Crippen LogP contribution is 1.98. The molecule has 1 N–H and O–H groups in total. The van der Waals surface area contributed by atoms with Crippen molar-refractivity contribution in [2.75, 3.05) is 6.54 Å². The van der Waals surface area contributed by atoms with Crippen LogP contribution in [0.15, 0.2) is 12.3 Å². The fourth-order valence-corrected chi connectivity index (χ4v) is 0.472. The third-order valence-electron chi connectivity index (χ3n) is 0.558. The highest BCUT2D eigenvalue weighted by Gasteiger charge is 1.95. The molecule has 0 saturated heterocycles. The van der Waals surface area contributed by atoms with Gasteiger partial charge in [-0.3, -0.25) is 0 Å². The summed E-state index contributed by atoms with van der Waals surface area (Å²) < 4.78 is 11.1. The molecule has 1 unspecified atom stereocenters. The largest absolute Gasteiger partial charge is 0.385 e. The van der Waals surface area contributed by atoms with E-state index in [9.17, 15) is 4.39 Å². The number of hydrogen-bond donors (Lipinski definition) is 1. The van der Waals surface area contributed by atoms with Crippen LogP contribution < -0.4 is 5.32 Å². The minimum Gasteiger partial charge on any atom is -0.385 e. The molecule has 0 rings (SSSR count). The molecule has 0 spiro atoms. The van der Waals surface area contributed by atoms with Crippen LogP contribution in [0.5, 0.6) is 0 Å². The minimum atomic E-state index is -0.815. The van der Waals surface area contributed by atoms with Crippen molar-refractivity contribution in [3.63, 3.8) is 0 Å². The van der Waals surface area contributed by atoms with Crippen molar-refractivity contribution >= 4 is 22.6 Å². The summed E-state index contributed by atoms with van der Waals surface area (Å²) in [5, 5.41) is 2.77. The van der Waals surface area contributed by atoms with Crippen molar-refractivity contribution in [1.82, 2.24) is 5.32 Å². The van der Waals surface area contributed by atoms with Gasteiger partial charge in [0.1, 0.15) is 0 Å². The van der Waals surface area contributed by atoms with Gasteiger partial charge in [-0.15, -0.1) is 0 Å². The van der Waals surface area contributed by atoms with E-state index < -0.39 is 4.18 Å². The molecule has 0 bridgehead atoms. The molecule has 0 aromatic heterocycles. The molecule has 3 heteroatoms. The molecule has 1 nitrogen and oxygen atoms in total. The minimum absolute atomic E-state index is 0.357. The van der Waals surface area contributed by atoms with Gasteiger partial charge in [0.25, 0.3) is 0 Å². The summed E-state index contributed by atoms with van der Waals surface area (Å²) in [5.41, 5.74) is 0.810. The monoisotopic (exact) mass is 229 g/mol. The molecule has 0 aliphatic carbocycles. The topological polar surface area (TPSA) is 12.0 Å². The van der Waals surface area contributed by atoms with Gasteiger partial charge in [-0.25, -0.2) is 4.39 Å². The van der Waals surface area contributed by atoms with Crippen LogP contribution in [0.2, 0.25) is 0 Å². The lowest BCUT2D eigenvalue weighted by atomic mass is 10.5. The average molecular weight is 229 g/mol. The van der Waals surface area contributed by atoms with Gasteiger partial charge in [0.05, 0.1) is 6.54 Å². The van der Waals surface area contributed by atoms with Gasteiger partial charge in [-0.2, -0.15) is 0 Å². The Bertz CT molecular complexity index is 82.5. The van der Waals surface area contributed by atoms with E-state index in [2.05, 4.69) is 11.9 Å². The maximum atomic E-state index is 11.9. The zero-order valence-corrected chi connectivity index (χ0v) is 6.90. The van der Waals surface area contributed by atoms with Gasteiger partial charge >= 0.3 is 0 Å². The number of hydrogen-bond acceptors (Lipinski definition) is 1. The molecule has 0 amide bonds. The Hall–Kier alpha value is 0.200. The molecular weight excluding hydrogens is 220 g/mol. The number of halogens is 2. The first-order valence-electron chi connectivity index (χ1n) is 2.30. The van der Waals surface area contributed by atoms with E-state index in [1.165, 1.54) is 0 Å². The second kappa shape index (κ2) is 4.12. The first-order valence-corrected chi connectivity index (χ1v) is 3.55. The number of alkyl halides is 2. The number of nitrogens with one attached hydrogen (secondary N) is 1. The second-order valence-corrected chi connectivity index (χ2v) is 2.90. The van der Waals surface area contributed by atoms with Crippen LogP contribution in [-0.4, -0.2) is 10.7 Å². The lowest BCUT2D eigenvalue weighted by Crippen LogP contribution is -2.17. The maximum absolute atomic E-state index is 11.9. The summed E-state index contributed by atoms with van der Waals surface area (Å²) in [6.07, 6.45) is 0. The van der Waals surface area contributed by atoms with E-state index in [1.807, 2.05) is 0 Å². The van der Waals surface area contributed by atoms with E-state index in [4.69, 9.17) is 0 Å². The lowest BCUT2D eigenvalue weighted by molar-refractivity contribution is 0.460. The third kappa shape index (κ3) is 6.20. The van der Waals surface area contributed by atoms with E-state index >= 15 is 0 Å². The summed E-state index contributed by atoms with van der Waals surface area (Å²) in [5.74, 6) is 0. The normalized spacial score (nSPS) is 12.9. The zero-order chi connectivity index (χ0) is 6.57. The van der Waals surface area contributed by atoms with Crippen LogP contribution in [-0.2, 0) is 0 Å². The predicted molar refractivity (Wildman–Crippen MR) is 41.7 cm³/mol. The van der Waals surface area contributed by atoms with E-state index in [0.29, 0.717) is 6.54 Å². The van der Waals surface area contributed by atoms with E-state index in [-0.39, 0.29) is 0 Å². The number of rotatable bonds is 3. The van der Waals surface area contributed by atoms with Crippen LogP contribution in [0.3, 0.4) is 0 Å². The molecular formula is C5H9FIN. The Morgan fingerprint density at radius 1 is 2.00 bits per heavy atom. The molecule has 0 aromatic carbocycles. The summed E-state index contributed by atoms with van der Waals surface area (Å²) >= 11 is 1.71. The smallest absolute Gasteiger partial charge is 0.168 e. The summed E-state index contributed by atoms with van der Waals surface area (Å²) in [7, 11) is 0. The molecule has 0 saturated carbocycles. The summed E-state index contributed by atoms with van der Waals surface area (Å²) in [6, 6.07) is 0. The Labute approximate surface area is 62.5 Å². The van der Waals surface area contributed by atoms with Gasteiger partial charge in [0, 0.05) is 5.70 Å². The van der Waals surface area contributed by atoms with Gasteiger partial charge in [0.2, 0.25) is 0 Å². The highest BCUT2D eigenvalue weighted by atomic mass is 127. The molecule has 1 atom stereocenters. The lowest BCUT2D eigenvalue weighted by Gasteiger charge is -2.02. The third-order valence-corrected chi connectivity index (χ3v) is 0.999. The second-order valence-electron chi connectivity index (χ2n) is 1.55. The van der Waals surface area contributed by atoms with Crippen LogP contribution in [0, 0.1) is 0 Å². The van der Waals surface area contributed by atoms with Crippen molar-refractivity contribution in [3.8, 4) is 0 Å². The molecule has 0 aliphatic rings. The molecule has 0 aliphatic heterocycles. The van der Waals surface area contributed by atoms with Gasteiger partial charge in [-0.1, -0.05) is 6.58 Å². The maximum Gasteiger partial charge on any atom is 0.168 e. The highest BCUT2D eigenvalue weighted by molar-refractivity contribution is 14.1. The molecule has 0 fully saturated rings. The van der Waals surface area contributed by atoms with E-state index in [0.717, 1.165) is 5.70 Å². The van der Waals surface area contributed by atoms with Gasteiger partial charge < -0.3 is 5.32 Å². The average Bonchev–Trinajstić information content (AvgIpc) is 1.61. The van der Waals surface area contributed by atoms with Crippen LogP contribution in [0.25, 0.3) is 0 Å². The Morgan fingerprint density at radius 3 is 2.62 bits per heavy atom. The fourth-order valence-electron chi connectivity index (χ4n) is 0.251. The van der Waals surface area contributed by atoms with Crippen LogP contribution in [0.4, 0.5) is 4.39 Å². The first kappa shape index (κ1) is 8.20. The summed E-state index contributed by atoms with van der Waals surface area (Å²) in [6.45, 7) is 5.71. The first-order chi connectivity index (χ1) is 3.63. The zero-order valence-electron chi connectivity index (χ0n) is 4.75. The molecule has 8 heavy (non-hydrogen) atoms. The predicted octanol–water partition coefficient (Wildman–Crippen LogP) is 1.84. The Morgan fingerprint density at radius 2 is 2.50 bits per heavy atom. The van der Waals surface area contributed by atoms with Gasteiger partial charge in [-0.05, 0) is 29.5 Å². The van der Waals surface area contributed by atoms with E-state index in [1.54, 1.807) is 29.5 Å². The quantitative estimate of drug-likeness (QED) is 0.575. The van der Waals surface area contributed by atoms with Crippen LogP contribution in [0.1, 0.15) is 6.92 Å². The SMILES string of the molecule is C=C(C)NCC(F)I. The molecule has 0 radical (unpaired) electrons. The van der Waals surface area contributed by atoms with Crippen molar-refractivity contribution in [2.45, 2.75) is 11.1 Å². The molecule has 0 heterocycles. The van der Waals surface area contributed by atoms with Crippen molar-refractivity contribution in [1.29, 1.82) is 0 Å². The van der Waals surface area contributed by atoms with Crippen LogP contribution >= 0.6 is 22.6 Å². The number of allylic oxidation sites excluding steroid dienone is 1.